The summed E-state index contributed by atoms with van der Waals surface area (Å²) < 4.78 is 36.3. The lowest BCUT2D eigenvalue weighted by Crippen LogP contribution is -2.22. The topological polar surface area (TPSA) is 62.2 Å². The van der Waals surface area contributed by atoms with E-state index in [1.54, 1.807) is 24.3 Å². The summed E-state index contributed by atoms with van der Waals surface area (Å²) in [7, 11) is 0. The molecule has 1 aromatic heterocycles. The molecule has 0 fully saturated rings. The Morgan fingerprint density at radius 2 is 2.00 bits per heavy atom. The fraction of sp³-hybridized carbons (Fsp3) is 0.167. The number of carbonyl (C=O) groups is 1. The molecule has 0 radical (unpaired) electrons. The van der Waals surface area contributed by atoms with Crippen LogP contribution in [-0.4, -0.2) is 28.8 Å². The molecule has 2 N–H and O–H groups in total. The van der Waals surface area contributed by atoms with Crippen LogP contribution >= 0.6 is 0 Å². The van der Waals surface area contributed by atoms with E-state index in [0.717, 1.165) is 6.07 Å². The van der Waals surface area contributed by atoms with Gasteiger partial charge in [0.1, 0.15) is 12.4 Å². The van der Waals surface area contributed by atoms with Gasteiger partial charge in [-0.3, -0.25) is 0 Å². The van der Waals surface area contributed by atoms with E-state index in [-0.39, 0.29) is 11.4 Å². The SMILES string of the molecule is O=C(O)c1cc(NCC(F)(F)F)nc2ccccc12. The fourth-order valence-electron chi connectivity index (χ4n) is 1.63. The zero-order valence-electron chi connectivity index (χ0n) is 9.53. The van der Waals surface area contributed by atoms with Crippen molar-refractivity contribution in [2.75, 3.05) is 11.9 Å². The van der Waals surface area contributed by atoms with Gasteiger partial charge in [0, 0.05) is 5.39 Å². The molecule has 7 heteroatoms. The molecule has 1 heterocycles. The van der Waals surface area contributed by atoms with E-state index in [1.807, 2.05) is 0 Å². The molecule has 0 saturated heterocycles. The first-order valence-corrected chi connectivity index (χ1v) is 5.30. The third kappa shape index (κ3) is 3.12. The van der Waals surface area contributed by atoms with Gasteiger partial charge in [0.25, 0.3) is 0 Å². The Balaban J connectivity index is 2.44. The predicted octanol–water partition coefficient (Wildman–Crippen LogP) is 2.91. The number of benzene rings is 1. The number of alkyl halides is 3. The Labute approximate surface area is 105 Å². The molecule has 4 nitrogen and oxygen atoms in total. The van der Waals surface area contributed by atoms with Crippen molar-refractivity contribution in [1.29, 1.82) is 0 Å². The van der Waals surface area contributed by atoms with Crippen LogP contribution in [0.15, 0.2) is 30.3 Å². The van der Waals surface area contributed by atoms with Crippen molar-refractivity contribution in [2.45, 2.75) is 6.18 Å². The highest BCUT2D eigenvalue weighted by Crippen LogP contribution is 2.22. The molecule has 1 aromatic carbocycles. The number of aromatic carboxylic acids is 1. The van der Waals surface area contributed by atoms with Gasteiger partial charge in [-0.2, -0.15) is 13.2 Å². The number of halogens is 3. The molecule has 2 aromatic rings. The highest BCUT2D eigenvalue weighted by Gasteiger charge is 2.27. The quantitative estimate of drug-likeness (QED) is 0.900. The highest BCUT2D eigenvalue weighted by atomic mass is 19.4. The summed E-state index contributed by atoms with van der Waals surface area (Å²) in [5, 5.41) is 11.5. The van der Waals surface area contributed by atoms with E-state index in [2.05, 4.69) is 10.3 Å². The summed E-state index contributed by atoms with van der Waals surface area (Å²) in [4.78, 5) is 15.0. The molecule has 0 aliphatic heterocycles. The van der Waals surface area contributed by atoms with Crippen molar-refractivity contribution in [2.24, 2.45) is 0 Å². The van der Waals surface area contributed by atoms with Gasteiger partial charge in [-0.25, -0.2) is 9.78 Å². The second-order valence-corrected chi connectivity index (χ2v) is 3.85. The number of pyridine rings is 1. The zero-order chi connectivity index (χ0) is 14.0. The number of nitrogens with one attached hydrogen (secondary N) is 1. The Morgan fingerprint density at radius 1 is 1.32 bits per heavy atom. The summed E-state index contributed by atoms with van der Waals surface area (Å²) in [6.07, 6.45) is -4.39. The van der Waals surface area contributed by atoms with Crippen molar-refractivity contribution in [1.82, 2.24) is 4.98 Å². The number of anilines is 1. The minimum absolute atomic E-state index is 0.0877. The monoisotopic (exact) mass is 270 g/mol. The average molecular weight is 270 g/mol. The van der Waals surface area contributed by atoms with Crippen LogP contribution in [0.25, 0.3) is 10.9 Å². The summed E-state index contributed by atoms with van der Waals surface area (Å²) in [6, 6.07) is 7.46. The van der Waals surface area contributed by atoms with E-state index in [4.69, 9.17) is 5.11 Å². The summed E-state index contributed by atoms with van der Waals surface area (Å²) in [5.41, 5.74) is 0.238. The lowest BCUT2D eigenvalue weighted by atomic mass is 10.1. The molecule has 0 aliphatic carbocycles. The van der Waals surface area contributed by atoms with Crippen LogP contribution in [0.3, 0.4) is 0 Å². The average Bonchev–Trinajstić information content (AvgIpc) is 2.34. The molecule has 0 atom stereocenters. The standard InChI is InChI=1S/C12H9F3N2O2/c13-12(14,15)6-16-10-5-8(11(18)19)7-3-1-2-4-9(7)17-10/h1-5H,6H2,(H,16,17)(H,18,19). The maximum Gasteiger partial charge on any atom is 0.405 e. The normalized spacial score (nSPS) is 11.5. The number of hydrogen-bond acceptors (Lipinski definition) is 3. The van der Waals surface area contributed by atoms with Crippen molar-refractivity contribution < 1.29 is 23.1 Å². The van der Waals surface area contributed by atoms with Gasteiger partial charge in [0.05, 0.1) is 11.1 Å². The third-order valence-electron chi connectivity index (χ3n) is 2.42. The number of nitrogens with zero attached hydrogens (tertiary/aromatic N) is 1. The second-order valence-electron chi connectivity index (χ2n) is 3.85. The third-order valence-corrected chi connectivity index (χ3v) is 2.42. The minimum Gasteiger partial charge on any atom is -0.478 e. The maximum absolute atomic E-state index is 12.1. The van der Waals surface area contributed by atoms with Crippen molar-refractivity contribution in [3.8, 4) is 0 Å². The second kappa shape index (κ2) is 4.75. The highest BCUT2D eigenvalue weighted by molar-refractivity contribution is 6.03. The van der Waals surface area contributed by atoms with Gasteiger partial charge in [0.2, 0.25) is 0 Å². The fourth-order valence-corrected chi connectivity index (χ4v) is 1.63. The molecule has 100 valence electrons. The van der Waals surface area contributed by atoms with Gasteiger partial charge in [-0.15, -0.1) is 0 Å². The van der Waals surface area contributed by atoms with Crippen molar-refractivity contribution in [3.63, 3.8) is 0 Å². The van der Waals surface area contributed by atoms with Crippen LogP contribution in [0.2, 0.25) is 0 Å². The van der Waals surface area contributed by atoms with Gasteiger partial charge < -0.3 is 10.4 Å². The van der Waals surface area contributed by atoms with Crippen LogP contribution in [0, 0.1) is 0 Å². The first-order valence-electron chi connectivity index (χ1n) is 5.30. The van der Waals surface area contributed by atoms with E-state index in [0.29, 0.717) is 10.9 Å². The Morgan fingerprint density at radius 3 is 2.63 bits per heavy atom. The van der Waals surface area contributed by atoms with E-state index < -0.39 is 18.7 Å². The first-order chi connectivity index (χ1) is 8.87. The zero-order valence-corrected chi connectivity index (χ0v) is 9.53. The number of aromatic nitrogens is 1. The van der Waals surface area contributed by atoms with E-state index in [9.17, 15) is 18.0 Å². The molecule has 0 spiro atoms. The van der Waals surface area contributed by atoms with Crippen molar-refractivity contribution in [3.05, 3.63) is 35.9 Å². The Bertz CT molecular complexity index is 626. The summed E-state index contributed by atoms with van der Waals surface area (Å²) >= 11 is 0. The molecular weight excluding hydrogens is 261 g/mol. The van der Waals surface area contributed by atoms with Crippen LogP contribution in [0.5, 0.6) is 0 Å². The molecule has 0 saturated carbocycles. The molecule has 2 rings (SSSR count). The van der Waals surface area contributed by atoms with E-state index >= 15 is 0 Å². The van der Waals surface area contributed by atoms with Gasteiger partial charge in [-0.05, 0) is 12.1 Å². The van der Waals surface area contributed by atoms with Crippen LogP contribution in [-0.2, 0) is 0 Å². The van der Waals surface area contributed by atoms with Gasteiger partial charge >= 0.3 is 12.1 Å². The Hall–Kier alpha value is -2.31. The van der Waals surface area contributed by atoms with Gasteiger partial charge in [-0.1, -0.05) is 18.2 Å². The number of carboxylic acid groups (broad SMARTS) is 1. The molecule has 19 heavy (non-hydrogen) atoms. The smallest absolute Gasteiger partial charge is 0.405 e. The Kier molecular flexibility index (Phi) is 3.28. The molecular formula is C12H9F3N2O2. The number of para-hydroxylation sites is 1. The first kappa shape index (κ1) is 13.1. The van der Waals surface area contributed by atoms with Crippen molar-refractivity contribution >= 4 is 22.7 Å². The van der Waals surface area contributed by atoms with E-state index in [1.165, 1.54) is 0 Å². The van der Waals surface area contributed by atoms with Crippen LogP contribution in [0.4, 0.5) is 19.0 Å². The largest absolute Gasteiger partial charge is 0.478 e. The lowest BCUT2D eigenvalue weighted by Gasteiger charge is -2.10. The molecule has 0 aliphatic rings. The minimum atomic E-state index is -4.39. The molecule has 0 amide bonds. The number of hydrogen-bond donors (Lipinski definition) is 2. The molecule has 0 bridgehead atoms. The van der Waals surface area contributed by atoms with Crippen LogP contribution < -0.4 is 5.32 Å². The maximum atomic E-state index is 12.1. The number of carboxylic acids is 1. The predicted molar refractivity (Wildman–Crippen MR) is 63.2 cm³/mol. The summed E-state index contributed by atoms with van der Waals surface area (Å²) in [5.74, 6) is -1.33. The van der Waals surface area contributed by atoms with Crippen LogP contribution in [0.1, 0.15) is 10.4 Å². The molecule has 0 unspecified atom stereocenters. The van der Waals surface area contributed by atoms with Gasteiger partial charge in [0.15, 0.2) is 0 Å². The summed E-state index contributed by atoms with van der Waals surface area (Å²) in [6.45, 7) is -1.27. The lowest BCUT2D eigenvalue weighted by molar-refractivity contribution is -0.115. The number of rotatable bonds is 3. The number of fused-ring (bicyclic) bond motifs is 1.